The fourth-order valence-electron chi connectivity index (χ4n) is 7.32. The first-order valence-corrected chi connectivity index (χ1v) is 12.0. The average molecular weight is 399 g/mol. The molecule has 0 radical (unpaired) electrons. The van der Waals surface area contributed by atoms with Gasteiger partial charge in [0.25, 0.3) is 0 Å². The summed E-state index contributed by atoms with van der Waals surface area (Å²) in [6, 6.07) is 5.97. The number of aromatic nitrogens is 1. The third kappa shape index (κ3) is 2.92. The summed E-state index contributed by atoms with van der Waals surface area (Å²) in [5, 5.41) is 0. The first kappa shape index (κ1) is 17.8. The molecule has 0 aromatic carbocycles. The Hall–Kier alpha value is -1.07. The number of ether oxygens (including phenoxy) is 1. The van der Waals surface area contributed by atoms with E-state index in [2.05, 4.69) is 9.88 Å². The molecule has 4 nitrogen and oxygen atoms in total. The number of carbonyl (C=O) groups is 1. The predicted molar refractivity (Wildman–Crippen MR) is 110 cm³/mol. The van der Waals surface area contributed by atoms with Crippen LogP contribution in [0.5, 0.6) is 0 Å². The van der Waals surface area contributed by atoms with Gasteiger partial charge in [-0.05, 0) is 74.8 Å². The third-order valence-corrected chi connectivity index (χ3v) is 9.68. The van der Waals surface area contributed by atoms with Crippen LogP contribution in [0.2, 0.25) is 0 Å². The number of thioether (sulfide) groups is 1. The van der Waals surface area contributed by atoms with Gasteiger partial charge in [0, 0.05) is 25.0 Å². The Bertz CT molecular complexity index is 726. The van der Waals surface area contributed by atoms with Crippen molar-refractivity contribution < 1.29 is 9.53 Å². The number of carbonyl (C=O) groups excluding carboxylic acids is 1. The number of nitrogens with zero attached hydrogens (tertiary/aromatic N) is 2. The Kier molecular flexibility index (Phi) is 4.10. The van der Waals surface area contributed by atoms with Crippen LogP contribution in [-0.4, -0.2) is 45.5 Å². The monoisotopic (exact) mass is 398 g/mol. The Morgan fingerprint density at radius 1 is 1.11 bits per heavy atom. The zero-order valence-electron chi connectivity index (χ0n) is 16.5. The van der Waals surface area contributed by atoms with Crippen LogP contribution in [-0.2, 0) is 16.1 Å². The maximum Gasteiger partial charge on any atom is 0.228 e. The van der Waals surface area contributed by atoms with Gasteiger partial charge in [0.1, 0.15) is 0 Å². The normalized spacial score (nSPS) is 40.1. The Balaban J connectivity index is 1.05. The van der Waals surface area contributed by atoms with Gasteiger partial charge in [-0.2, -0.15) is 0 Å². The summed E-state index contributed by atoms with van der Waals surface area (Å²) >= 11 is 2.03. The Labute approximate surface area is 171 Å². The molecule has 4 bridgehead atoms. The molecule has 28 heavy (non-hydrogen) atoms. The van der Waals surface area contributed by atoms with Crippen molar-refractivity contribution in [3.8, 4) is 0 Å². The van der Waals surface area contributed by atoms with Crippen molar-refractivity contribution >= 4 is 17.7 Å². The van der Waals surface area contributed by atoms with E-state index in [0.717, 1.165) is 48.7 Å². The van der Waals surface area contributed by atoms with Gasteiger partial charge in [0.2, 0.25) is 5.91 Å². The second-order valence-electron chi connectivity index (χ2n) is 10.3. The molecule has 1 aromatic heterocycles. The van der Waals surface area contributed by atoms with Gasteiger partial charge >= 0.3 is 0 Å². The second kappa shape index (κ2) is 6.46. The van der Waals surface area contributed by atoms with E-state index in [9.17, 15) is 4.79 Å². The first-order chi connectivity index (χ1) is 13.6. The molecule has 6 aliphatic rings. The van der Waals surface area contributed by atoms with Crippen LogP contribution in [0.4, 0.5) is 0 Å². The quantitative estimate of drug-likeness (QED) is 0.771. The summed E-state index contributed by atoms with van der Waals surface area (Å²) in [7, 11) is 0. The minimum atomic E-state index is 0.0223. The van der Waals surface area contributed by atoms with Crippen molar-refractivity contribution in [3.05, 3.63) is 30.1 Å². The van der Waals surface area contributed by atoms with Crippen molar-refractivity contribution in [1.82, 2.24) is 9.88 Å². The van der Waals surface area contributed by atoms with Gasteiger partial charge in [0.15, 0.2) is 0 Å². The number of amides is 1. The molecule has 3 heterocycles. The SMILES string of the molecule is O=C(N1CC2(C[C@@H](OCc3ccccn3)CS2)C1)C12CC3CC(CC(C3)C1)C2. The summed E-state index contributed by atoms with van der Waals surface area (Å²) < 4.78 is 6.39. The van der Waals surface area contributed by atoms with Crippen molar-refractivity contribution in [2.24, 2.45) is 23.2 Å². The van der Waals surface area contributed by atoms with Crippen molar-refractivity contribution in [1.29, 1.82) is 0 Å². The topological polar surface area (TPSA) is 42.4 Å². The highest BCUT2D eigenvalue weighted by Crippen LogP contribution is 2.61. The molecule has 5 heteroatoms. The van der Waals surface area contributed by atoms with Crippen LogP contribution in [0.15, 0.2) is 24.4 Å². The van der Waals surface area contributed by atoms with Crippen LogP contribution in [0.25, 0.3) is 0 Å². The van der Waals surface area contributed by atoms with E-state index in [1.54, 1.807) is 0 Å². The van der Waals surface area contributed by atoms with Gasteiger partial charge < -0.3 is 9.64 Å². The molecule has 1 aromatic rings. The van der Waals surface area contributed by atoms with Crippen LogP contribution in [0.3, 0.4) is 0 Å². The minimum absolute atomic E-state index is 0.0223. The first-order valence-electron chi connectivity index (χ1n) is 11.1. The standard InChI is InChI=1S/C23H30N2O2S/c26-21(22-8-16-5-17(9-22)7-18(6-16)10-22)25-14-23(15-25)11-20(13-28-23)27-12-19-3-1-2-4-24-19/h1-4,16-18,20H,5-15H2/t16?,17?,18?,20-,22?/m1/s1. The summed E-state index contributed by atoms with van der Waals surface area (Å²) in [6.07, 6.45) is 11.0. The summed E-state index contributed by atoms with van der Waals surface area (Å²) in [5.41, 5.74) is 1.02. The molecule has 7 rings (SSSR count). The summed E-state index contributed by atoms with van der Waals surface area (Å²) in [5.74, 6) is 4.09. The molecule has 1 amide bonds. The number of pyridine rings is 1. The Morgan fingerprint density at radius 2 is 1.82 bits per heavy atom. The van der Waals surface area contributed by atoms with Gasteiger partial charge in [-0.15, -0.1) is 11.8 Å². The fraction of sp³-hybridized carbons (Fsp3) is 0.739. The maximum absolute atomic E-state index is 13.5. The molecule has 150 valence electrons. The highest BCUT2D eigenvalue weighted by Gasteiger charge is 2.59. The highest BCUT2D eigenvalue weighted by atomic mass is 32.2. The third-order valence-electron chi connectivity index (χ3n) is 8.11. The zero-order valence-corrected chi connectivity index (χ0v) is 17.3. The molecule has 4 saturated carbocycles. The molecule has 1 atom stereocenters. The lowest BCUT2D eigenvalue weighted by Gasteiger charge is -2.59. The van der Waals surface area contributed by atoms with Gasteiger partial charge in [0.05, 0.1) is 28.6 Å². The average Bonchev–Trinajstić information content (AvgIpc) is 3.09. The van der Waals surface area contributed by atoms with Crippen LogP contribution < -0.4 is 0 Å². The molecule has 4 aliphatic carbocycles. The fourth-order valence-corrected chi connectivity index (χ4v) is 8.87. The van der Waals surface area contributed by atoms with Crippen LogP contribution in [0.1, 0.15) is 50.6 Å². The highest BCUT2D eigenvalue weighted by molar-refractivity contribution is 8.01. The van der Waals surface area contributed by atoms with E-state index in [-0.39, 0.29) is 10.2 Å². The molecule has 0 N–H and O–H groups in total. The van der Waals surface area contributed by atoms with E-state index < -0.39 is 0 Å². The van der Waals surface area contributed by atoms with E-state index >= 15 is 0 Å². The van der Waals surface area contributed by atoms with Crippen molar-refractivity contribution in [3.63, 3.8) is 0 Å². The lowest BCUT2D eigenvalue weighted by molar-refractivity contribution is -0.163. The van der Waals surface area contributed by atoms with E-state index in [1.165, 1.54) is 38.5 Å². The van der Waals surface area contributed by atoms with Gasteiger partial charge in [-0.3, -0.25) is 9.78 Å². The molecular formula is C23H30N2O2S. The van der Waals surface area contributed by atoms with Gasteiger partial charge in [-0.25, -0.2) is 0 Å². The molecule has 2 aliphatic heterocycles. The zero-order chi connectivity index (χ0) is 18.8. The summed E-state index contributed by atoms with van der Waals surface area (Å²) in [4.78, 5) is 20.0. The number of hydrogen-bond donors (Lipinski definition) is 0. The largest absolute Gasteiger partial charge is 0.371 e. The second-order valence-corrected chi connectivity index (χ2v) is 11.8. The van der Waals surface area contributed by atoms with E-state index in [4.69, 9.17) is 4.74 Å². The minimum Gasteiger partial charge on any atom is -0.371 e. The molecular weight excluding hydrogens is 368 g/mol. The van der Waals surface area contributed by atoms with E-state index in [0.29, 0.717) is 18.6 Å². The van der Waals surface area contributed by atoms with Crippen molar-refractivity contribution in [2.45, 2.75) is 62.4 Å². The molecule has 2 saturated heterocycles. The van der Waals surface area contributed by atoms with E-state index in [1.807, 2.05) is 36.2 Å². The predicted octanol–water partition coefficient (Wildman–Crippen LogP) is 3.90. The van der Waals surface area contributed by atoms with Gasteiger partial charge in [-0.1, -0.05) is 6.07 Å². The molecule has 6 fully saturated rings. The molecule has 1 spiro atoms. The van der Waals surface area contributed by atoms with Crippen LogP contribution in [0, 0.1) is 23.2 Å². The lowest BCUT2D eigenvalue weighted by Crippen LogP contribution is -2.65. The lowest BCUT2D eigenvalue weighted by atomic mass is 9.49. The molecule has 0 unspecified atom stereocenters. The summed E-state index contributed by atoms with van der Waals surface area (Å²) in [6.45, 7) is 2.49. The number of likely N-dealkylation sites (tertiary alicyclic amines) is 1. The maximum atomic E-state index is 13.5. The Morgan fingerprint density at radius 3 is 2.46 bits per heavy atom. The van der Waals surface area contributed by atoms with Crippen LogP contribution >= 0.6 is 11.8 Å². The van der Waals surface area contributed by atoms with Crippen molar-refractivity contribution in [2.75, 3.05) is 18.8 Å². The number of rotatable bonds is 4. The number of hydrogen-bond acceptors (Lipinski definition) is 4. The smallest absolute Gasteiger partial charge is 0.228 e.